The van der Waals surface area contributed by atoms with Crippen LogP contribution in [0.5, 0.6) is 0 Å². The number of alkyl halides is 3. The van der Waals surface area contributed by atoms with Gasteiger partial charge in [-0.3, -0.25) is 4.99 Å². The van der Waals surface area contributed by atoms with E-state index in [-0.39, 0.29) is 5.92 Å². The van der Waals surface area contributed by atoms with E-state index in [1.54, 1.807) is 6.07 Å². The fraction of sp³-hybridized carbons (Fsp3) is 0.696. The van der Waals surface area contributed by atoms with Crippen molar-refractivity contribution in [3.05, 3.63) is 35.4 Å². The maximum Gasteiger partial charge on any atom is 0.416 e. The number of hydrogen-bond donors (Lipinski definition) is 2. The van der Waals surface area contributed by atoms with E-state index in [2.05, 4.69) is 32.5 Å². The van der Waals surface area contributed by atoms with Crippen LogP contribution < -0.4 is 10.6 Å². The van der Waals surface area contributed by atoms with Crippen molar-refractivity contribution in [2.24, 2.45) is 4.99 Å². The van der Waals surface area contributed by atoms with Gasteiger partial charge < -0.3 is 20.4 Å². The minimum absolute atomic E-state index is 0.0267. The lowest BCUT2D eigenvalue weighted by atomic mass is 9.96. The second kappa shape index (κ2) is 12.9. The van der Waals surface area contributed by atoms with Gasteiger partial charge in [0.1, 0.15) is 0 Å². The van der Waals surface area contributed by atoms with Crippen molar-refractivity contribution in [1.82, 2.24) is 20.4 Å². The normalized spacial score (nSPS) is 17.9. The summed E-state index contributed by atoms with van der Waals surface area (Å²) in [7, 11) is 2.18. The third-order valence-electron chi connectivity index (χ3n) is 5.71. The number of halogens is 3. The van der Waals surface area contributed by atoms with Gasteiger partial charge in [0.25, 0.3) is 0 Å². The molecule has 1 saturated heterocycles. The molecule has 0 aromatic heterocycles. The van der Waals surface area contributed by atoms with Crippen LogP contribution in [0.25, 0.3) is 0 Å². The average Bonchev–Trinajstić information content (AvgIpc) is 2.94. The van der Waals surface area contributed by atoms with Crippen LogP contribution >= 0.6 is 0 Å². The van der Waals surface area contributed by atoms with Gasteiger partial charge in [-0.25, -0.2) is 0 Å². The van der Waals surface area contributed by atoms with Crippen molar-refractivity contribution < 1.29 is 13.2 Å². The monoisotopic (exact) mass is 441 g/mol. The molecule has 2 rings (SSSR count). The van der Waals surface area contributed by atoms with Crippen molar-refractivity contribution in [2.75, 3.05) is 59.4 Å². The summed E-state index contributed by atoms with van der Waals surface area (Å²) in [6, 6.07) is 5.62. The molecule has 1 aliphatic heterocycles. The molecular formula is C23H38F3N5. The van der Waals surface area contributed by atoms with E-state index in [4.69, 9.17) is 0 Å². The van der Waals surface area contributed by atoms with Gasteiger partial charge in [-0.2, -0.15) is 13.2 Å². The third-order valence-corrected chi connectivity index (χ3v) is 5.71. The van der Waals surface area contributed by atoms with E-state index in [0.717, 1.165) is 64.1 Å². The molecule has 176 valence electrons. The molecule has 31 heavy (non-hydrogen) atoms. The topological polar surface area (TPSA) is 42.9 Å². The van der Waals surface area contributed by atoms with E-state index in [9.17, 15) is 13.2 Å². The summed E-state index contributed by atoms with van der Waals surface area (Å²) < 4.78 is 38.8. The SMILES string of the molecule is CCNC(=NCCCN1CCCN(C)CC1)NCCC(C)c1cccc(C(F)(F)F)c1. The van der Waals surface area contributed by atoms with Crippen LogP contribution in [0.15, 0.2) is 29.3 Å². The van der Waals surface area contributed by atoms with E-state index in [0.29, 0.717) is 12.1 Å². The van der Waals surface area contributed by atoms with Gasteiger partial charge in [0.15, 0.2) is 5.96 Å². The van der Waals surface area contributed by atoms with Crippen LogP contribution in [0.3, 0.4) is 0 Å². The Bertz CT molecular complexity index is 677. The Kier molecular flexibility index (Phi) is 10.6. The standard InChI is InChI=1S/C23H38F3N5/c1-4-27-22(28-11-6-14-31-15-7-13-30(3)16-17-31)29-12-10-19(2)20-8-5-9-21(18-20)23(24,25)26/h5,8-9,18-19H,4,6-7,10-17H2,1-3H3,(H2,27,28,29). The predicted molar refractivity (Wildman–Crippen MR) is 122 cm³/mol. The van der Waals surface area contributed by atoms with E-state index in [1.165, 1.54) is 25.1 Å². The molecule has 1 aromatic rings. The van der Waals surface area contributed by atoms with Gasteiger partial charge in [0, 0.05) is 32.7 Å². The smallest absolute Gasteiger partial charge is 0.357 e. The fourth-order valence-corrected chi connectivity index (χ4v) is 3.75. The Morgan fingerprint density at radius 1 is 1.16 bits per heavy atom. The number of guanidine groups is 1. The highest BCUT2D eigenvalue weighted by Gasteiger charge is 2.30. The molecule has 8 heteroatoms. The van der Waals surface area contributed by atoms with Crippen LogP contribution in [0, 0.1) is 0 Å². The zero-order valence-corrected chi connectivity index (χ0v) is 19.1. The van der Waals surface area contributed by atoms with Crippen LogP contribution in [-0.2, 0) is 6.18 Å². The van der Waals surface area contributed by atoms with Crippen molar-refractivity contribution in [2.45, 2.75) is 45.2 Å². The second-order valence-corrected chi connectivity index (χ2v) is 8.35. The first kappa shape index (κ1) is 25.5. The molecular weight excluding hydrogens is 403 g/mol. The van der Waals surface area contributed by atoms with Gasteiger partial charge in [0.2, 0.25) is 0 Å². The largest absolute Gasteiger partial charge is 0.416 e. The third kappa shape index (κ3) is 9.47. The van der Waals surface area contributed by atoms with Crippen molar-refractivity contribution in [3.63, 3.8) is 0 Å². The van der Waals surface area contributed by atoms with Crippen LogP contribution in [0.4, 0.5) is 13.2 Å². The minimum Gasteiger partial charge on any atom is -0.357 e. The summed E-state index contributed by atoms with van der Waals surface area (Å²) in [6.07, 6.45) is -1.34. The summed E-state index contributed by atoms with van der Waals surface area (Å²) in [5, 5.41) is 6.57. The molecule has 5 nitrogen and oxygen atoms in total. The Hall–Kier alpha value is -1.80. The van der Waals surface area contributed by atoms with Gasteiger partial charge >= 0.3 is 6.18 Å². The van der Waals surface area contributed by atoms with Gasteiger partial charge in [-0.05, 0) is 70.4 Å². The molecule has 0 radical (unpaired) electrons. The van der Waals surface area contributed by atoms with Crippen molar-refractivity contribution in [1.29, 1.82) is 0 Å². The first-order valence-corrected chi connectivity index (χ1v) is 11.4. The number of hydrogen-bond acceptors (Lipinski definition) is 3. The minimum atomic E-state index is -4.30. The van der Waals surface area contributed by atoms with E-state index in [1.807, 2.05) is 13.8 Å². The second-order valence-electron chi connectivity index (χ2n) is 8.35. The molecule has 1 unspecified atom stereocenters. The highest BCUT2D eigenvalue weighted by molar-refractivity contribution is 5.79. The summed E-state index contributed by atoms with van der Waals surface area (Å²) in [5.41, 5.74) is 0.123. The zero-order valence-electron chi connectivity index (χ0n) is 19.1. The highest BCUT2D eigenvalue weighted by Crippen LogP contribution is 2.31. The van der Waals surface area contributed by atoms with Gasteiger partial charge in [0.05, 0.1) is 5.56 Å². The van der Waals surface area contributed by atoms with Gasteiger partial charge in [-0.15, -0.1) is 0 Å². The molecule has 0 spiro atoms. The van der Waals surface area contributed by atoms with Gasteiger partial charge in [-0.1, -0.05) is 25.1 Å². The molecule has 1 aromatic carbocycles. The number of benzene rings is 1. The van der Waals surface area contributed by atoms with Crippen LogP contribution in [0.1, 0.15) is 50.2 Å². The first-order chi connectivity index (χ1) is 14.8. The maximum atomic E-state index is 12.9. The molecule has 0 amide bonds. The number of rotatable bonds is 9. The lowest BCUT2D eigenvalue weighted by molar-refractivity contribution is -0.137. The van der Waals surface area contributed by atoms with Crippen molar-refractivity contribution in [3.8, 4) is 0 Å². The molecule has 1 atom stereocenters. The first-order valence-electron chi connectivity index (χ1n) is 11.4. The lowest BCUT2D eigenvalue weighted by Gasteiger charge is -2.19. The number of nitrogens with one attached hydrogen (secondary N) is 2. The van der Waals surface area contributed by atoms with Crippen molar-refractivity contribution >= 4 is 5.96 Å². The Morgan fingerprint density at radius 3 is 2.71 bits per heavy atom. The van der Waals surface area contributed by atoms with E-state index < -0.39 is 11.7 Å². The Morgan fingerprint density at radius 2 is 1.97 bits per heavy atom. The summed E-state index contributed by atoms with van der Waals surface area (Å²) >= 11 is 0. The molecule has 0 aliphatic carbocycles. The van der Waals surface area contributed by atoms with E-state index >= 15 is 0 Å². The molecule has 1 heterocycles. The quantitative estimate of drug-likeness (QED) is 0.348. The predicted octanol–water partition coefficient (Wildman–Crippen LogP) is 3.78. The van der Waals surface area contributed by atoms with Crippen LogP contribution in [0.2, 0.25) is 0 Å². The lowest BCUT2D eigenvalue weighted by Crippen LogP contribution is -2.38. The van der Waals surface area contributed by atoms with Crippen LogP contribution in [-0.4, -0.2) is 75.2 Å². The summed E-state index contributed by atoms with van der Waals surface area (Å²) in [6.45, 7) is 11.8. The summed E-state index contributed by atoms with van der Waals surface area (Å²) in [5.74, 6) is 0.799. The molecule has 1 fully saturated rings. The maximum absolute atomic E-state index is 12.9. The number of likely N-dealkylation sites (N-methyl/N-ethyl adjacent to an activating group) is 1. The summed E-state index contributed by atoms with van der Waals surface area (Å²) in [4.78, 5) is 9.55. The highest BCUT2D eigenvalue weighted by atomic mass is 19.4. The molecule has 0 saturated carbocycles. The molecule has 2 N–H and O–H groups in total. The Balaban J connectivity index is 1.75. The number of aliphatic imine (C=N–C) groups is 1. The average molecular weight is 442 g/mol. The molecule has 0 bridgehead atoms. The Labute approximate surface area is 185 Å². The fourth-order valence-electron chi connectivity index (χ4n) is 3.75. The molecule has 1 aliphatic rings. The zero-order chi connectivity index (χ0) is 22.7. The number of nitrogens with zero attached hydrogens (tertiary/aromatic N) is 3.